The van der Waals surface area contributed by atoms with Gasteiger partial charge in [0.2, 0.25) is 5.91 Å². The molecule has 2 atom stereocenters. The lowest BCUT2D eigenvalue weighted by Gasteiger charge is -2.38. The number of pyridine rings is 1. The van der Waals surface area contributed by atoms with Crippen molar-refractivity contribution in [2.24, 2.45) is 17.8 Å². The largest absolute Gasteiger partial charge is 0.417 e. The van der Waals surface area contributed by atoms with Gasteiger partial charge in [-0.15, -0.1) is 0 Å². The summed E-state index contributed by atoms with van der Waals surface area (Å²) in [5.41, 5.74) is -0.556. The molecule has 1 aromatic carbocycles. The van der Waals surface area contributed by atoms with Crippen LogP contribution in [0.15, 0.2) is 42.6 Å². The zero-order valence-corrected chi connectivity index (χ0v) is 20.2. The number of aromatic nitrogens is 1. The predicted octanol–water partition coefficient (Wildman–Crippen LogP) is 3.67. The van der Waals surface area contributed by atoms with E-state index in [1.165, 1.54) is 6.07 Å². The van der Waals surface area contributed by atoms with Gasteiger partial charge in [0, 0.05) is 52.2 Å². The lowest BCUT2D eigenvalue weighted by Crippen LogP contribution is -2.41. The Morgan fingerprint density at radius 3 is 2.42 bits per heavy atom. The molecule has 0 bridgehead atoms. The highest BCUT2D eigenvalue weighted by atomic mass is 19.4. The second-order valence-corrected chi connectivity index (χ2v) is 9.59. The maximum Gasteiger partial charge on any atom is 0.417 e. The molecule has 2 aromatic rings. The number of hydrogen-bond donors (Lipinski definition) is 0. The Bertz CT molecular complexity index is 1150. The number of halogens is 3. The van der Waals surface area contributed by atoms with E-state index in [0.717, 1.165) is 6.07 Å². The van der Waals surface area contributed by atoms with Crippen LogP contribution in [0, 0.1) is 29.1 Å². The molecule has 2 aliphatic rings. The van der Waals surface area contributed by atoms with Crippen molar-refractivity contribution in [1.82, 2.24) is 14.8 Å². The van der Waals surface area contributed by atoms with Crippen LogP contribution in [-0.2, 0) is 11.0 Å². The van der Waals surface area contributed by atoms with Crippen LogP contribution in [0.25, 0.3) is 0 Å². The number of amides is 2. The Morgan fingerprint density at radius 1 is 1.11 bits per heavy atom. The minimum atomic E-state index is -4.60. The van der Waals surface area contributed by atoms with E-state index in [1.54, 1.807) is 60.4 Å². The van der Waals surface area contributed by atoms with Crippen molar-refractivity contribution < 1.29 is 22.8 Å². The van der Waals surface area contributed by atoms with E-state index in [0.29, 0.717) is 50.4 Å². The molecule has 3 heterocycles. The van der Waals surface area contributed by atoms with E-state index >= 15 is 0 Å². The van der Waals surface area contributed by atoms with Gasteiger partial charge in [-0.1, -0.05) is 6.07 Å². The average Bonchev–Trinajstić information content (AvgIpc) is 3.32. The fourth-order valence-electron chi connectivity index (χ4n) is 5.36. The Balaban J connectivity index is 1.49. The number of piperidine rings is 1. The predicted molar refractivity (Wildman–Crippen MR) is 127 cm³/mol. The molecule has 0 unspecified atom stereocenters. The van der Waals surface area contributed by atoms with Gasteiger partial charge in [-0.3, -0.25) is 14.6 Å². The number of nitriles is 1. The van der Waals surface area contributed by atoms with Crippen LogP contribution in [0.2, 0.25) is 0 Å². The van der Waals surface area contributed by atoms with Gasteiger partial charge in [0.25, 0.3) is 5.91 Å². The van der Waals surface area contributed by atoms with Crippen molar-refractivity contribution in [2.45, 2.75) is 19.0 Å². The van der Waals surface area contributed by atoms with Crippen molar-refractivity contribution in [2.75, 3.05) is 45.2 Å². The molecule has 0 saturated carbocycles. The highest BCUT2D eigenvalue weighted by Gasteiger charge is 2.45. The molecule has 7 nitrogen and oxygen atoms in total. The maximum atomic E-state index is 13.4. The summed E-state index contributed by atoms with van der Waals surface area (Å²) < 4.78 is 40.2. The number of alkyl halides is 3. The van der Waals surface area contributed by atoms with Crippen LogP contribution < -0.4 is 4.90 Å². The normalized spacial score (nSPS) is 20.8. The number of hydrogen-bond acceptors (Lipinski definition) is 5. The Labute approximate surface area is 208 Å². The molecule has 0 radical (unpaired) electrons. The first-order valence-corrected chi connectivity index (χ1v) is 11.9. The number of carbonyl (C=O) groups is 2. The molecule has 10 heteroatoms. The summed E-state index contributed by atoms with van der Waals surface area (Å²) in [6.45, 7) is 1.82. The summed E-state index contributed by atoms with van der Waals surface area (Å²) in [4.78, 5) is 35.3. The molecule has 0 aliphatic carbocycles. The minimum Gasteiger partial charge on any atom is -0.372 e. The van der Waals surface area contributed by atoms with Gasteiger partial charge in [0.15, 0.2) is 0 Å². The van der Waals surface area contributed by atoms with Gasteiger partial charge in [-0.05, 0) is 55.0 Å². The van der Waals surface area contributed by atoms with Gasteiger partial charge in [0.05, 0.1) is 23.1 Å². The Hall–Kier alpha value is -3.61. The minimum absolute atomic E-state index is 0.0272. The standard InChI is InChI=1S/C26H28F3N5O2/c1-32(2)24(35)21-16-34(25(36)23-5-3-4-10-31-23)15-20(21)17-8-11-33(12-9-17)19-7-6-18(14-30)22(13-19)26(27,28)29/h3-7,10,13,17,20-21H,8-9,11-12,15-16H2,1-2H3/t20-,21+/m0/s1. The quantitative estimate of drug-likeness (QED) is 0.642. The first-order valence-electron chi connectivity index (χ1n) is 11.9. The van der Waals surface area contributed by atoms with Crippen molar-refractivity contribution in [3.8, 4) is 6.07 Å². The van der Waals surface area contributed by atoms with E-state index < -0.39 is 17.3 Å². The highest BCUT2D eigenvalue weighted by molar-refractivity contribution is 5.93. The monoisotopic (exact) mass is 499 g/mol. The molecule has 0 N–H and O–H groups in total. The molecule has 0 spiro atoms. The lowest BCUT2D eigenvalue weighted by molar-refractivity contribution is -0.137. The molecule has 2 amide bonds. The summed E-state index contributed by atoms with van der Waals surface area (Å²) in [6, 6.07) is 10.6. The van der Waals surface area contributed by atoms with E-state index in [9.17, 15) is 22.8 Å². The number of nitrogens with zero attached hydrogens (tertiary/aromatic N) is 5. The number of anilines is 1. The van der Waals surface area contributed by atoms with E-state index in [1.807, 2.05) is 4.90 Å². The summed E-state index contributed by atoms with van der Waals surface area (Å²) >= 11 is 0. The van der Waals surface area contributed by atoms with Gasteiger partial charge < -0.3 is 14.7 Å². The number of likely N-dealkylation sites (tertiary alicyclic amines) is 1. The highest BCUT2D eigenvalue weighted by Crippen LogP contribution is 2.39. The second-order valence-electron chi connectivity index (χ2n) is 9.59. The molecule has 190 valence electrons. The van der Waals surface area contributed by atoms with Crippen molar-refractivity contribution in [3.63, 3.8) is 0 Å². The zero-order valence-electron chi connectivity index (χ0n) is 20.2. The summed E-state index contributed by atoms with van der Waals surface area (Å²) in [6.07, 6.45) is -1.66. The van der Waals surface area contributed by atoms with Crippen molar-refractivity contribution in [1.29, 1.82) is 5.26 Å². The van der Waals surface area contributed by atoms with Gasteiger partial charge in [-0.2, -0.15) is 18.4 Å². The Morgan fingerprint density at radius 2 is 1.83 bits per heavy atom. The maximum absolute atomic E-state index is 13.4. The lowest BCUT2D eigenvalue weighted by atomic mass is 9.78. The van der Waals surface area contributed by atoms with Gasteiger partial charge in [-0.25, -0.2) is 0 Å². The third-order valence-corrected chi connectivity index (χ3v) is 7.23. The number of benzene rings is 1. The fraction of sp³-hybridized carbons (Fsp3) is 0.462. The van der Waals surface area contributed by atoms with Crippen LogP contribution in [0.1, 0.15) is 34.5 Å². The summed E-state index contributed by atoms with van der Waals surface area (Å²) in [5, 5.41) is 9.05. The first-order chi connectivity index (χ1) is 17.1. The molecule has 2 fully saturated rings. The van der Waals surface area contributed by atoms with Crippen LogP contribution in [-0.4, -0.2) is 66.9 Å². The zero-order chi connectivity index (χ0) is 26.0. The smallest absolute Gasteiger partial charge is 0.372 e. The van der Waals surface area contributed by atoms with Gasteiger partial charge in [0.1, 0.15) is 5.69 Å². The topological polar surface area (TPSA) is 80.5 Å². The van der Waals surface area contributed by atoms with Crippen LogP contribution >= 0.6 is 0 Å². The second kappa shape index (κ2) is 10.2. The SMILES string of the molecule is CN(C)C(=O)[C@@H]1CN(C(=O)c2ccccn2)C[C@H]1C1CCN(c2ccc(C#N)c(C(F)(F)F)c2)CC1. The number of carbonyl (C=O) groups excluding carboxylic acids is 2. The van der Waals surface area contributed by atoms with Crippen LogP contribution in [0.3, 0.4) is 0 Å². The fourth-order valence-corrected chi connectivity index (χ4v) is 5.36. The van der Waals surface area contributed by atoms with Crippen LogP contribution in [0.5, 0.6) is 0 Å². The molecule has 36 heavy (non-hydrogen) atoms. The molecular formula is C26H28F3N5O2. The molecule has 2 saturated heterocycles. The third kappa shape index (κ3) is 5.15. The van der Waals surface area contributed by atoms with E-state index in [4.69, 9.17) is 5.26 Å². The van der Waals surface area contributed by atoms with Crippen molar-refractivity contribution >= 4 is 17.5 Å². The summed E-state index contributed by atoms with van der Waals surface area (Å²) in [7, 11) is 3.41. The summed E-state index contributed by atoms with van der Waals surface area (Å²) in [5.74, 6) is -0.459. The molecule has 4 rings (SSSR count). The first kappa shape index (κ1) is 25.5. The third-order valence-electron chi connectivity index (χ3n) is 7.23. The molecular weight excluding hydrogens is 471 g/mol. The number of rotatable bonds is 4. The van der Waals surface area contributed by atoms with Crippen LogP contribution in [0.4, 0.5) is 18.9 Å². The molecule has 1 aromatic heterocycles. The van der Waals surface area contributed by atoms with Crippen molar-refractivity contribution in [3.05, 3.63) is 59.4 Å². The van der Waals surface area contributed by atoms with Gasteiger partial charge >= 0.3 is 6.18 Å². The van der Waals surface area contributed by atoms with E-state index in [-0.39, 0.29) is 29.6 Å². The van der Waals surface area contributed by atoms with E-state index in [2.05, 4.69) is 4.98 Å². The average molecular weight is 500 g/mol. The molecule has 2 aliphatic heterocycles. The Kier molecular flexibility index (Phi) is 7.20.